The fourth-order valence-corrected chi connectivity index (χ4v) is 4.19. The molecular weight excluding hydrogens is 324 g/mol. The highest BCUT2D eigenvalue weighted by molar-refractivity contribution is 7.94. The van der Waals surface area contributed by atoms with Gasteiger partial charge in [0, 0.05) is 6.92 Å². The van der Waals surface area contributed by atoms with Gasteiger partial charge in [0.25, 0.3) is 14.4 Å². The molecule has 2 rings (SSSR count). The SMILES string of the molecule is CC(=O)Nc1nnc(S(=O)(=O)Nc2c(C)cc(C)cc2C)s1. The van der Waals surface area contributed by atoms with Crippen molar-refractivity contribution in [3.63, 3.8) is 0 Å². The van der Waals surface area contributed by atoms with E-state index in [2.05, 4.69) is 20.2 Å². The van der Waals surface area contributed by atoms with Crippen LogP contribution in [0, 0.1) is 20.8 Å². The molecule has 0 unspecified atom stereocenters. The summed E-state index contributed by atoms with van der Waals surface area (Å²) in [5.41, 5.74) is 3.24. The number of sulfonamides is 1. The first-order valence-electron chi connectivity index (χ1n) is 6.41. The minimum atomic E-state index is -3.84. The lowest BCUT2D eigenvalue weighted by Gasteiger charge is -2.12. The number of benzene rings is 1. The van der Waals surface area contributed by atoms with Gasteiger partial charge in [0.1, 0.15) is 0 Å². The molecule has 0 radical (unpaired) electrons. The first-order chi connectivity index (χ1) is 10.2. The van der Waals surface area contributed by atoms with E-state index in [0.717, 1.165) is 28.0 Å². The molecule has 9 heteroatoms. The zero-order valence-electron chi connectivity index (χ0n) is 12.6. The second-order valence-corrected chi connectivity index (χ2v) is 7.77. The Balaban J connectivity index is 2.32. The third kappa shape index (κ3) is 3.60. The van der Waals surface area contributed by atoms with Gasteiger partial charge >= 0.3 is 0 Å². The molecule has 1 aromatic heterocycles. The van der Waals surface area contributed by atoms with Gasteiger partial charge in [-0.1, -0.05) is 29.0 Å². The lowest BCUT2D eigenvalue weighted by molar-refractivity contribution is -0.114. The Labute approximate surface area is 132 Å². The predicted molar refractivity (Wildman–Crippen MR) is 85.7 cm³/mol. The van der Waals surface area contributed by atoms with Crippen LogP contribution >= 0.6 is 11.3 Å². The van der Waals surface area contributed by atoms with Crippen molar-refractivity contribution in [2.75, 3.05) is 10.0 Å². The number of anilines is 2. The molecule has 1 aromatic carbocycles. The maximum absolute atomic E-state index is 12.4. The summed E-state index contributed by atoms with van der Waals surface area (Å²) in [7, 11) is -3.84. The van der Waals surface area contributed by atoms with E-state index >= 15 is 0 Å². The van der Waals surface area contributed by atoms with Gasteiger partial charge in [-0.2, -0.15) is 8.42 Å². The smallest absolute Gasteiger partial charge is 0.291 e. The molecule has 2 aromatic rings. The Morgan fingerprint density at radius 2 is 1.73 bits per heavy atom. The second kappa shape index (κ2) is 6.01. The molecule has 0 saturated carbocycles. The number of hydrogen-bond donors (Lipinski definition) is 2. The summed E-state index contributed by atoms with van der Waals surface area (Å²) >= 11 is 0.798. The Bertz CT molecular complexity index is 805. The summed E-state index contributed by atoms with van der Waals surface area (Å²) < 4.78 is 27.1. The summed E-state index contributed by atoms with van der Waals surface area (Å²) in [6, 6.07) is 3.79. The van der Waals surface area contributed by atoms with E-state index in [1.807, 2.05) is 32.9 Å². The lowest BCUT2D eigenvalue weighted by atomic mass is 10.1. The first kappa shape index (κ1) is 16.4. The van der Waals surface area contributed by atoms with Gasteiger partial charge in [-0.25, -0.2) is 0 Å². The molecular formula is C13H16N4O3S2. The maximum Gasteiger partial charge on any atom is 0.291 e. The van der Waals surface area contributed by atoms with Crippen LogP contribution < -0.4 is 10.0 Å². The summed E-state index contributed by atoms with van der Waals surface area (Å²) in [5, 5.41) is 9.81. The number of nitrogens with zero attached hydrogens (tertiary/aromatic N) is 2. The largest absolute Gasteiger partial charge is 0.301 e. The molecule has 0 aliphatic heterocycles. The maximum atomic E-state index is 12.4. The van der Waals surface area contributed by atoms with Gasteiger partial charge in [0.05, 0.1) is 5.69 Å². The number of amides is 1. The number of hydrogen-bond acceptors (Lipinski definition) is 6. The van der Waals surface area contributed by atoms with Crippen molar-refractivity contribution in [2.24, 2.45) is 0 Å². The lowest BCUT2D eigenvalue weighted by Crippen LogP contribution is -2.14. The minimum Gasteiger partial charge on any atom is -0.301 e. The molecule has 0 saturated heterocycles. The molecule has 7 nitrogen and oxygen atoms in total. The molecule has 0 aliphatic rings. The van der Waals surface area contributed by atoms with E-state index < -0.39 is 10.0 Å². The summed E-state index contributed by atoms with van der Waals surface area (Å²) in [6.07, 6.45) is 0. The van der Waals surface area contributed by atoms with Gasteiger partial charge in [-0.05, 0) is 31.9 Å². The normalized spacial score (nSPS) is 11.3. The summed E-state index contributed by atoms with van der Waals surface area (Å²) in [6.45, 7) is 6.93. The molecule has 118 valence electrons. The van der Waals surface area contributed by atoms with Crippen LogP contribution in [-0.4, -0.2) is 24.5 Å². The van der Waals surface area contributed by atoms with Crippen LogP contribution in [0.2, 0.25) is 0 Å². The van der Waals surface area contributed by atoms with E-state index in [1.165, 1.54) is 6.92 Å². The number of aromatic nitrogens is 2. The average molecular weight is 340 g/mol. The quantitative estimate of drug-likeness (QED) is 0.831. The van der Waals surface area contributed by atoms with Crippen LogP contribution in [0.5, 0.6) is 0 Å². The van der Waals surface area contributed by atoms with E-state index in [4.69, 9.17) is 0 Å². The highest BCUT2D eigenvalue weighted by Crippen LogP contribution is 2.27. The topological polar surface area (TPSA) is 101 Å². The van der Waals surface area contributed by atoms with Crippen LogP contribution in [0.15, 0.2) is 16.5 Å². The zero-order valence-corrected chi connectivity index (χ0v) is 14.2. The molecule has 0 spiro atoms. The van der Waals surface area contributed by atoms with Crippen molar-refractivity contribution in [3.05, 3.63) is 28.8 Å². The number of carbonyl (C=O) groups is 1. The Morgan fingerprint density at radius 3 is 2.27 bits per heavy atom. The van der Waals surface area contributed by atoms with Crippen molar-refractivity contribution < 1.29 is 13.2 Å². The van der Waals surface area contributed by atoms with Crippen LogP contribution in [0.3, 0.4) is 0 Å². The predicted octanol–water partition coefficient (Wildman–Crippen LogP) is 2.22. The Kier molecular flexibility index (Phi) is 4.47. The van der Waals surface area contributed by atoms with Crippen molar-refractivity contribution >= 4 is 38.1 Å². The third-order valence-corrected chi connectivity index (χ3v) is 5.39. The van der Waals surface area contributed by atoms with Gasteiger partial charge in [0.2, 0.25) is 11.0 Å². The van der Waals surface area contributed by atoms with E-state index in [-0.39, 0.29) is 15.4 Å². The van der Waals surface area contributed by atoms with E-state index in [0.29, 0.717) is 5.69 Å². The third-order valence-electron chi connectivity index (χ3n) is 2.83. The van der Waals surface area contributed by atoms with Gasteiger partial charge in [-0.3, -0.25) is 9.52 Å². The van der Waals surface area contributed by atoms with Crippen LogP contribution in [0.1, 0.15) is 23.6 Å². The minimum absolute atomic E-state index is 0.144. The van der Waals surface area contributed by atoms with Crippen molar-refractivity contribution in [1.29, 1.82) is 0 Å². The number of aryl methyl sites for hydroxylation is 3. The van der Waals surface area contributed by atoms with Gasteiger partial charge in [0.15, 0.2) is 0 Å². The van der Waals surface area contributed by atoms with Gasteiger partial charge in [-0.15, -0.1) is 10.2 Å². The fourth-order valence-electron chi connectivity index (χ4n) is 2.04. The number of nitrogens with one attached hydrogen (secondary N) is 2. The summed E-state index contributed by atoms with van der Waals surface area (Å²) in [5.74, 6) is -0.335. The Hall–Kier alpha value is -2.00. The molecule has 0 fully saturated rings. The highest BCUT2D eigenvalue weighted by Gasteiger charge is 2.22. The number of carbonyl (C=O) groups excluding carboxylic acids is 1. The number of rotatable bonds is 4. The monoisotopic (exact) mass is 340 g/mol. The highest BCUT2D eigenvalue weighted by atomic mass is 32.2. The first-order valence-corrected chi connectivity index (χ1v) is 8.71. The molecule has 1 heterocycles. The second-order valence-electron chi connectivity index (χ2n) is 4.93. The summed E-state index contributed by atoms with van der Waals surface area (Å²) in [4.78, 5) is 10.9. The van der Waals surface area contributed by atoms with E-state index in [1.54, 1.807) is 0 Å². The molecule has 0 atom stereocenters. The standard InChI is InChI=1S/C13H16N4O3S2/c1-7-5-8(2)11(9(3)6-7)17-22(19,20)13-16-15-12(21-13)14-10(4)18/h5-6,17H,1-4H3,(H,14,15,18). The molecule has 0 aliphatic carbocycles. The van der Waals surface area contributed by atoms with Crippen molar-refractivity contribution in [1.82, 2.24) is 10.2 Å². The van der Waals surface area contributed by atoms with E-state index in [9.17, 15) is 13.2 Å². The van der Waals surface area contributed by atoms with Crippen LogP contribution in [-0.2, 0) is 14.8 Å². The molecule has 1 amide bonds. The zero-order chi connectivity index (χ0) is 16.5. The van der Waals surface area contributed by atoms with Gasteiger partial charge < -0.3 is 5.32 Å². The van der Waals surface area contributed by atoms with Crippen molar-refractivity contribution in [3.8, 4) is 0 Å². The fraction of sp³-hybridized carbons (Fsp3) is 0.308. The average Bonchev–Trinajstić information content (AvgIpc) is 2.82. The Morgan fingerprint density at radius 1 is 1.14 bits per heavy atom. The van der Waals surface area contributed by atoms with Crippen LogP contribution in [0.25, 0.3) is 0 Å². The van der Waals surface area contributed by atoms with Crippen LogP contribution in [0.4, 0.5) is 10.8 Å². The van der Waals surface area contributed by atoms with Crippen molar-refractivity contribution in [2.45, 2.75) is 32.0 Å². The molecule has 0 bridgehead atoms. The molecule has 22 heavy (non-hydrogen) atoms. The molecule has 2 N–H and O–H groups in total.